The van der Waals surface area contributed by atoms with Gasteiger partial charge in [-0.2, -0.15) is 0 Å². The molecule has 1 N–H and O–H groups in total. The first-order chi connectivity index (χ1) is 17.4. The minimum Gasteiger partial charge on any atom is -0.492 e. The lowest BCUT2D eigenvalue weighted by molar-refractivity contribution is -0.119. The van der Waals surface area contributed by atoms with Gasteiger partial charge in [-0.1, -0.05) is 35.9 Å². The molecule has 3 aromatic carbocycles. The highest BCUT2D eigenvalue weighted by Gasteiger charge is 2.28. The van der Waals surface area contributed by atoms with Crippen molar-refractivity contribution in [2.75, 3.05) is 38.1 Å². The van der Waals surface area contributed by atoms with Crippen LogP contribution in [0.5, 0.6) is 5.75 Å². The van der Waals surface area contributed by atoms with Gasteiger partial charge in [0.25, 0.3) is 10.0 Å². The molecule has 198 valence electrons. The van der Waals surface area contributed by atoms with Crippen LogP contribution in [-0.2, 0) is 24.8 Å². The predicted molar refractivity (Wildman–Crippen MR) is 143 cm³/mol. The molecule has 3 rings (SSSR count). The summed E-state index contributed by atoms with van der Waals surface area (Å²) in [7, 11) is -4.62. The van der Waals surface area contributed by atoms with Crippen molar-refractivity contribution in [2.24, 2.45) is 0 Å². The molecule has 0 spiro atoms. The zero-order valence-electron chi connectivity index (χ0n) is 21.2. The summed E-state index contributed by atoms with van der Waals surface area (Å²) >= 11 is 0. The maximum absolute atomic E-state index is 13.5. The number of nitrogens with zero attached hydrogens (tertiary/aromatic N) is 2. The van der Waals surface area contributed by atoms with Crippen molar-refractivity contribution >= 4 is 31.6 Å². The molecular formula is C26H31N3O6S2. The third kappa shape index (κ3) is 6.88. The zero-order valence-corrected chi connectivity index (χ0v) is 22.8. The number of amides is 1. The molecule has 0 saturated heterocycles. The Morgan fingerprint density at radius 1 is 0.811 bits per heavy atom. The number of anilines is 1. The third-order valence-corrected chi connectivity index (χ3v) is 9.18. The maximum Gasteiger partial charge on any atom is 0.264 e. The second-order valence-corrected chi connectivity index (χ2v) is 12.6. The average Bonchev–Trinajstić information content (AvgIpc) is 2.86. The lowest BCUT2D eigenvalue weighted by atomic mass is 10.2. The fraction of sp³-hybridized carbons (Fsp3) is 0.269. The number of sulfonamides is 2. The Balaban J connectivity index is 1.65. The lowest BCUT2D eigenvalue weighted by Crippen LogP contribution is -2.42. The molecule has 0 bridgehead atoms. The van der Waals surface area contributed by atoms with Crippen molar-refractivity contribution in [1.82, 2.24) is 9.62 Å². The van der Waals surface area contributed by atoms with E-state index in [0.717, 1.165) is 14.2 Å². The van der Waals surface area contributed by atoms with E-state index in [1.54, 1.807) is 43.3 Å². The molecular weight excluding hydrogens is 514 g/mol. The first-order valence-electron chi connectivity index (χ1n) is 11.5. The standard InChI is InChI=1S/C26H31N3O6S2/c1-20-9-13-24(14-10-20)37(33,34)29(25-8-6-5-7-21(25)2)19-26(30)27-17-18-35-22-11-15-23(16-12-22)36(31,32)28(3)4/h5-16H,17-19H2,1-4H3,(H,27,30). The number of rotatable bonds is 11. The molecule has 0 unspecified atom stereocenters. The average molecular weight is 546 g/mol. The molecule has 0 fully saturated rings. The van der Waals surface area contributed by atoms with Crippen LogP contribution in [0.25, 0.3) is 0 Å². The van der Waals surface area contributed by atoms with Gasteiger partial charge < -0.3 is 10.1 Å². The number of benzene rings is 3. The summed E-state index contributed by atoms with van der Waals surface area (Å²) in [5, 5.41) is 2.68. The van der Waals surface area contributed by atoms with Crippen LogP contribution >= 0.6 is 0 Å². The van der Waals surface area contributed by atoms with Gasteiger partial charge in [-0.3, -0.25) is 9.10 Å². The monoisotopic (exact) mass is 545 g/mol. The maximum atomic E-state index is 13.5. The van der Waals surface area contributed by atoms with Crippen molar-refractivity contribution in [3.05, 3.63) is 83.9 Å². The minimum atomic E-state index is -4.00. The Morgan fingerprint density at radius 2 is 1.38 bits per heavy atom. The molecule has 0 aliphatic carbocycles. The summed E-state index contributed by atoms with van der Waals surface area (Å²) in [6.07, 6.45) is 0. The molecule has 3 aromatic rings. The lowest BCUT2D eigenvalue weighted by Gasteiger charge is -2.25. The number of nitrogens with one attached hydrogen (secondary N) is 1. The van der Waals surface area contributed by atoms with Gasteiger partial charge in [-0.05, 0) is 61.9 Å². The van der Waals surface area contributed by atoms with E-state index in [0.29, 0.717) is 17.0 Å². The second-order valence-electron chi connectivity index (χ2n) is 8.57. The van der Waals surface area contributed by atoms with Crippen LogP contribution < -0.4 is 14.4 Å². The van der Waals surface area contributed by atoms with Crippen LogP contribution in [0.1, 0.15) is 11.1 Å². The molecule has 0 radical (unpaired) electrons. The summed E-state index contributed by atoms with van der Waals surface area (Å²) in [5.41, 5.74) is 2.06. The molecule has 0 saturated carbocycles. The van der Waals surface area contributed by atoms with Crippen LogP contribution in [0.15, 0.2) is 82.6 Å². The van der Waals surface area contributed by atoms with Crippen molar-refractivity contribution in [1.29, 1.82) is 0 Å². The number of hydrogen-bond acceptors (Lipinski definition) is 6. The normalized spacial score (nSPS) is 11.8. The van der Waals surface area contributed by atoms with Gasteiger partial charge in [-0.25, -0.2) is 21.1 Å². The smallest absolute Gasteiger partial charge is 0.264 e. The number of carbonyl (C=O) groups excluding carboxylic acids is 1. The molecule has 9 nitrogen and oxygen atoms in total. The molecule has 1 amide bonds. The molecule has 37 heavy (non-hydrogen) atoms. The molecule has 0 aliphatic heterocycles. The number of hydrogen-bond donors (Lipinski definition) is 1. The highest BCUT2D eigenvalue weighted by atomic mass is 32.2. The van der Waals surface area contributed by atoms with Crippen LogP contribution in [0.4, 0.5) is 5.69 Å². The minimum absolute atomic E-state index is 0.0946. The van der Waals surface area contributed by atoms with Gasteiger partial charge in [0.1, 0.15) is 18.9 Å². The topological polar surface area (TPSA) is 113 Å². The number of carbonyl (C=O) groups is 1. The zero-order chi connectivity index (χ0) is 27.2. The van der Waals surface area contributed by atoms with Crippen molar-refractivity contribution < 1.29 is 26.4 Å². The van der Waals surface area contributed by atoms with Crippen LogP contribution in [-0.4, -0.2) is 60.8 Å². The summed E-state index contributed by atoms with van der Waals surface area (Å²) < 4.78 is 59.1. The first-order valence-corrected chi connectivity index (χ1v) is 14.4. The van der Waals surface area contributed by atoms with Gasteiger partial charge >= 0.3 is 0 Å². The van der Waals surface area contributed by atoms with E-state index >= 15 is 0 Å². The Kier molecular flexibility index (Phi) is 8.95. The SMILES string of the molecule is Cc1ccc(S(=O)(=O)N(CC(=O)NCCOc2ccc(S(=O)(=O)N(C)C)cc2)c2ccccc2C)cc1. The van der Waals surface area contributed by atoms with Crippen molar-refractivity contribution in [2.45, 2.75) is 23.6 Å². The summed E-state index contributed by atoms with van der Waals surface area (Å²) in [5.74, 6) is -0.0506. The highest BCUT2D eigenvalue weighted by Crippen LogP contribution is 2.26. The third-order valence-electron chi connectivity index (χ3n) is 5.58. The van der Waals surface area contributed by atoms with E-state index in [-0.39, 0.29) is 22.9 Å². The van der Waals surface area contributed by atoms with Gasteiger partial charge in [0.05, 0.1) is 22.0 Å². The van der Waals surface area contributed by atoms with Crippen LogP contribution in [0, 0.1) is 13.8 Å². The Morgan fingerprint density at radius 3 is 1.97 bits per heavy atom. The molecule has 11 heteroatoms. The number of aryl methyl sites for hydroxylation is 2. The number of para-hydroxylation sites is 1. The molecule has 0 aliphatic rings. The summed E-state index contributed by atoms with van der Waals surface area (Å²) in [6.45, 7) is 3.49. The Bertz CT molecular complexity index is 1440. The van der Waals surface area contributed by atoms with Crippen molar-refractivity contribution in [3.8, 4) is 5.75 Å². The number of ether oxygens (including phenoxy) is 1. The van der Waals surface area contributed by atoms with Crippen LogP contribution in [0.2, 0.25) is 0 Å². The van der Waals surface area contributed by atoms with Crippen molar-refractivity contribution in [3.63, 3.8) is 0 Å². The van der Waals surface area contributed by atoms with Crippen LogP contribution in [0.3, 0.4) is 0 Å². The fourth-order valence-electron chi connectivity index (χ4n) is 3.44. The van der Waals surface area contributed by atoms with Gasteiger partial charge in [0.15, 0.2) is 0 Å². The molecule has 0 aromatic heterocycles. The first kappa shape index (κ1) is 28.2. The summed E-state index contributed by atoms with van der Waals surface area (Å²) in [6, 6.07) is 19.4. The van der Waals surface area contributed by atoms with E-state index in [4.69, 9.17) is 4.74 Å². The second kappa shape index (κ2) is 11.8. The molecule has 0 heterocycles. The highest BCUT2D eigenvalue weighted by molar-refractivity contribution is 7.92. The fourth-order valence-corrected chi connectivity index (χ4v) is 5.83. The van der Waals surface area contributed by atoms with E-state index in [9.17, 15) is 21.6 Å². The van der Waals surface area contributed by atoms with Gasteiger partial charge in [0.2, 0.25) is 15.9 Å². The Labute approximate surface area is 218 Å². The summed E-state index contributed by atoms with van der Waals surface area (Å²) in [4.78, 5) is 13.0. The van der Waals surface area contributed by atoms with E-state index in [1.165, 1.54) is 50.5 Å². The quantitative estimate of drug-likeness (QED) is 0.371. The van der Waals surface area contributed by atoms with E-state index in [1.807, 2.05) is 6.92 Å². The van der Waals surface area contributed by atoms with E-state index < -0.39 is 32.5 Å². The predicted octanol–water partition coefficient (Wildman–Crippen LogP) is 2.94. The van der Waals surface area contributed by atoms with Gasteiger partial charge in [0, 0.05) is 14.1 Å². The Hall–Kier alpha value is -3.41. The largest absolute Gasteiger partial charge is 0.492 e. The molecule has 0 atom stereocenters. The van der Waals surface area contributed by atoms with Gasteiger partial charge in [-0.15, -0.1) is 0 Å². The van der Waals surface area contributed by atoms with E-state index in [2.05, 4.69) is 5.32 Å².